The molecule has 0 aliphatic carbocycles. The molecule has 0 aromatic heterocycles. The van der Waals surface area contributed by atoms with Crippen LogP contribution in [-0.4, -0.2) is 5.71 Å². The van der Waals surface area contributed by atoms with Gasteiger partial charge in [0.05, 0.1) is 5.71 Å². The van der Waals surface area contributed by atoms with Gasteiger partial charge < -0.3 is 4.84 Å². The quantitative estimate of drug-likeness (QED) is 0.448. The summed E-state index contributed by atoms with van der Waals surface area (Å²) in [6, 6.07) is 19.6. The van der Waals surface area contributed by atoms with E-state index < -0.39 is 0 Å². The van der Waals surface area contributed by atoms with E-state index >= 15 is 0 Å². The molecular weight excluding hydrogens is 246 g/mol. The van der Waals surface area contributed by atoms with E-state index in [0.29, 0.717) is 0 Å². The molecule has 2 heteroatoms. The molecule has 0 unspecified atom stereocenters. The van der Waals surface area contributed by atoms with Crippen molar-refractivity contribution in [3.63, 3.8) is 0 Å². The first kappa shape index (κ1) is 13.9. The minimum Gasteiger partial charge on any atom is -0.357 e. The van der Waals surface area contributed by atoms with E-state index in [0.717, 1.165) is 29.9 Å². The van der Waals surface area contributed by atoms with Gasteiger partial charge in [-0.2, -0.15) is 0 Å². The van der Waals surface area contributed by atoms with Gasteiger partial charge in [0.1, 0.15) is 0 Å². The van der Waals surface area contributed by atoms with Gasteiger partial charge in [0, 0.05) is 12.8 Å². The summed E-state index contributed by atoms with van der Waals surface area (Å²) in [5, 5.41) is 4.28. The number of hydrogen-bond acceptors (Lipinski definition) is 2. The maximum Gasteiger partial charge on any atom is 0.157 e. The zero-order valence-corrected chi connectivity index (χ0v) is 11.5. The monoisotopic (exact) mass is 263 g/mol. The number of nitrogens with zero attached hydrogens (tertiary/aromatic N) is 1. The zero-order valence-electron chi connectivity index (χ0n) is 11.5. The second kappa shape index (κ2) is 7.81. The highest BCUT2D eigenvalue weighted by molar-refractivity contribution is 6.00. The molecule has 2 nitrogen and oxygen atoms in total. The van der Waals surface area contributed by atoms with Crippen LogP contribution in [0.5, 0.6) is 5.75 Å². The summed E-state index contributed by atoms with van der Waals surface area (Å²) in [6.07, 6.45) is 1.56. The Balaban J connectivity index is 2.14. The van der Waals surface area contributed by atoms with E-state index in [1.54, 1.807) is 0 Å². The van der Waals surface area contributed by atoms with Crippen molar-refractivity contribution < 1.29 is 4.84 Å². The molecule has 0 amide bonds. The Kier molecular flexibility index (Phi) is 5.42. The molecule has 0 aliphatic heterocycles. The van der Waals surface area contributed by atoms with Crippen molar-refractivity contribution in [2.45, 2.75) is 19.8 Å². The summed E-state index contributed by atoms with van der Waals surface area (Å²) in [7, 11) is 0. The lowest BCUT2D eigenvalue weighted by Crippen LogP contribution is -2.03. The van der Waals surface area contributed by atoms with Crippen LogP contribution < -0.4 is 4.84 Å². The van der Waals surface area contributed by atoms with E-state index in [1.807, 2.05) is 67.6 Å². The van der Waals surface area contributed by atoms with E-state index in [4.69, 9.17) is 4.84 Å². The van der Waals surface area contributed by atoms with E-state index in [1.165, 1.54) is 0 Å². The molecule has 0 saturated heterocycles. The number of rotatable bonds is 5. The highest BCUT2D eigenvalue weighted by Crippen LogP contribution is 2.12. The molecule has 0 atom stereocenters. The SMILES string of the molecule is CC#CCC/C(=N/Oc1ccccc1)c1ccccc1. The lowest BCUT2D eigenvalue weighted by molar-refractivity contribution is 0.340. The Hall–Kier alpha value is -2.53. The van der Waals surface area contributed by atoms with Gasteiger partial charge in [0.15, 0.2) is 5.75 Å². The van der Waals surface area contributed by atoms with Crippen LogP contribution in [0.2, 0.25) is 0 Å². The third-order valence-corrected chi connectivity index (χ3v) is 2.78. The lowest BCUT2D eigenvalue weighted by atomic mass is 10.1. The molecule has 2 aromatic rings. The topological polar surface area (TPSA) is 21.6 Å². The Morgan fingerprint density at radius 1 is 1.00 bits per heavy atom. The molecule has 0 spiro atoms. The van der Waals surface area contributed by atoms with Gasteiger partial charge in [-0.3, -0.25) is 0 Å². The first-order chi connectivity index (χ1) is 9.90. The van der Waals surface area contributed by atoms with E-state index in [2.05, 4.69) is 17.0 Å². The Morgan fingerprint density at radius 2 is 1.65 bits per heavy atom. The van der Waals surface area contributed by atoms with Gasteiger partial charge in [-0.1, -0.05) is 53.7 Å². The minimum atomic E-state index is 0.738. The van der Waals surface area contributed by atoms with Gasteiger partial charge >= 0.3 is 0 Å². The van der Waals surface area contributed by atoms with Crippen LogP contribution >= 0.6 is 0 Å². The Labute approximate surface area is 120 Å². The number of oxime groups is 1. The third-order valence-electron chi connectivity index (χ3n) is 2.78. The smallest absolute Gasteiger partial charge is 0.157 e. The fourth-order valence-electron chi connectivity index (χ4n) is 1.77. The van der Waals surface area contributed by atoms with Gasteiger partial charge in [-0.15, -0.1) is 11.8 Å². The van der Waals surface area contributed by atoms with Crippen LogP contribution in [0.15, 0.2) is 65.8 Å². The first-order valence-corrected chi connectivity index (χ1v) is 6.64. The molecule has 100 valence electrons. The van der Waals surface area contributed by atoms with Crippen molar-refractivity contribution in [1.29, 1.82) is 0 Å². The molecule has 0 bridgehead atoms. The van der Waals surface area contributed by atoms with Crippen molar-refractivity contribution in [3.8, 4) is 17.6 Å². The average Bonchev–Trinajstić information content (AvgIpc) is 2.52. The zero-order chi connectivity index (χ0) is 14.0. The summed E-state index contributed by atoms with van der Waals surface area (Å²) in [6.45, 7) is 1.85. The molecule has 0 radical (unpaired) electrons. The Bertz CT molecular complexity index is 606. The van der Waals surface area contributed by atoms with Crippen LogP contribution in [0.4, 0.5) is 0 Å². The molecule has 2 aromatic carbocycles. The third kappa shape index (κ3) is 4.29. The van der Waals surface area contributed by atoms with Crippen molar-refractivity contribution >= 4 is 5.71 Å². The molecule has 0 N–H and O–H groups in total. The van der Waals surface area contributed by atoms with Gasteiger partial charge in [0.25, 0.3) is 0 Å². The lowest BCUT2D eigenvalue weighted by Gasteiger charge is -2.05. The molecule has 0 aliphatic rings. The number of benzene rings is 2. The highest BCUT2D eigenvalue weighted by atomic mass is 16.6. The summed E-state index contributed by atoms with van der Waals surface area (Å²) < 4.78 is 0. The molecule has 0 heterocycles. The van der Waals surface area contributed by atoms with Crippen molar-refractivity contribution in [3.05, 3.63) is 66.2 Å². The van der Waals surface area contributed by atoms with Crippen molar-refractivity contribution in [1.82, 2.24) is 0 Å². The summed E-state index contributed by atoms with van der Waals surface area (Å²) in [5.41, 5.74) is 1.98. The fraction of sp³-hybridized carbons (Fsp3) is 0.167. The summed E-state index contributed by atoms with van der Waals surface area (Å²) in [4.78, 5) is 5.49. The minimum absolute atomic E-state index is 0.738. The molecule has 0 fully saturated rings. The van der Waals surface area contributed by atoms with Crippen molar-refractivity contribution in [2.75, 3.05) is 0 Å². The van der Waals surface area contributed by atoms with Gasteiger partial charge in [-0.05, 0) is 24.6 Å². The maximum absolute atomic E-state index is 5.49. The van der Waals surface area contributed by atoms with Crippen molar-refractivity contribution in [2.24, 2.45) is 5.16 Å². The largest absolute Gasteiger partial charge is 0.357 e. The fourth-order valence-corrected chi connectivity index (χ4v) is 1.77. The van der Waals surface area contributed by atoms with E-state index in [9.17, 15) is 0 Å². The van der Waals surface area contributed by atoms with E-state index in [-0.39, 0.29) is 0 Å². The van der Waals surface area contributed by atoms with Crippen LogP contribution in [0.3, 0.4) is 0 Å². The molecule has 20 heavy (non-hydrogen) atoms. The molecule has 0 saturated carbocycles. The standard InChI is InChI=1S/C18H17NO/c1-2-3-6-15-18(16-11-7-4-8-12-16)19-20-17-13-9-5-10-14-17/h4-5,7-14H,6,15H2,1H3/b19-18-. The van der Waals surface area contributed by atoms with Gasteiger partial charge in [-0.25, -0.2) is 0 Å². The number of hydrogen-bond donors (Lipinski definition) is 0. The summed E-state index contributed by atoms with van der Waals surface area (Å²) >= 11 is 0. The van der Waals surface area contributed by atoms with Crippen LogP contribution in [0, 0.1) is 11.8 Å². The average molecular weight is 263 g/mol. The second-order valence-electron chi connectivity index (χ2n) is 4.24. The summed E-state index contributed by atoms with van der Waals surface area (Å²) in [5.74, 6) is 6.70. The first-order valence-electron chi connectivity index (χ1n) is 6.64. The molecular formula is C18H17NO. The Morgan fingerprint density at radius 3 is 2.30 bits per heavy atom. The predicted octanol–water partition coefficient (Wildman–Crippen LogP) is 4.27. The predicted molar refractivity (Wildman–Crippen MR) is 82.7 cm³/mol. The van der Waals surface area contributed by atoms with Crippen LogP contribution in [0.1, 0.15) is 25.3 Å². The van der Waals surface area contributed by atoms with Crippen LogP contribution in [0.25, 0.3) is 0 Å². The highest BCUT2D eigenvalue weighted by Gasteiger charge is 2.03. The molecule has 2 rings (SSSR count). The number of para-hydroxylation sites is 1. The van der Waals surface area contributed by atoms with Crippen LogP contribution in [-0.2, 0) is 0 Å². The van der Waals surface area contributed by atoms with Gasteiger partial charge in [0.2, 0.25) is 0 Å². The maximum atomic E-state index is 5.49. The normalized spacial score (nSPS) is 10.6. The second-order valence-corrected chi connectivity index (χ2v) is 4.24.